The molecule has 0 aliphatic carbocycles. The predicted molar refractivity (Wildman–Crippen MR) is 70.7 cm³/mol. The first kappa shape index (κ1) is 16.1. The number of rotatable bonds is 11. The lowest BCUT2D eigenvalue weighted by Crippen LogP contribution is -1.99. The van der Waals surface area contributed by atoms with E-state index in [-0.39, 0.29) is 0 Å². The first-order valence-electron chi connectivity index (χ1n) is 6.65. The lowest BCUT2D eigenvalue weighted by Gasteiger charge is -2.11. The van der Waals surface area contributed by atoms with Crippen molar-refractivity contribution < 1.29 is 14.2 Å². The minimum absolute atomic E-state index is 0.499. The molecule has 0 bridgehead atoms. The fourth-order valence-electron chi connectivity index (χ4n) is 1.84. The Morgan fingerprint density at radius 2 is 1.24 bits per heavy atom. The first-order valence-corrected chi connectivity index (χ1v) is 6.65. The highest BCUT2D eigenvalue weighted by molar-refractivity contribution is 4.94. The molecule has 0 heterocycles. The van der Waals surface area contributed by atoms with Crippen molar-refractivity contribution in [2.45, 2.75) is 58.3 Å². The van der Waals surface area contributed by atoms with E-state index in [9.17, 15) is 0 Å². The highest BCUT2D eigenvalue weighted by Gasteiger charge is 2.07. The van der Waals surface area contributed by atoms with E-state index >= 15 is 0 Å². The Hall–Kier alpha value is -0.860. The summed E-state index contributed by atoms with van der Waals surface area (Å²) in [5.74, 6) is 1.31. The molecule has 3 heteroatoms. The minimum atomic E-state index is 0.499. The van der Waals surface area contributed by atoms with Crippen LogP contribution in [0.25, 0.3) is 0 Å². The van der Waals surface area contributed by atoms with Gasteiger partial charge in [0.2, 0.25) is 0 Å². The van der Waals surface area contributed by atoms with Gasteiger partial charge in [-0.3, -0.25) is 0 Å². The average Bonchev–Trinajstić information content (AvgIpc) is 2.36. The van der Waals surface area contributed by atoms with E-state index in [1.54, 1.807) is 21.3 Å². The Labute approximate surface area is 106 Å². The Morgan fingerprint density at radius 1 is 0.706 bits per heavy atom. The molecule has 0 amide bonds. The maximum atomic E-state index is 5.27. The standard InChI is InChI=1S/C14H28O3/c1-5-6-7-8-9-10-11-12-13(15-2)14(16-3)17-4/h5-12H2,1-4H3. The topological polar surface area (TPSA) is 27.7 Å². The van der Waals surface area contributed by atoms with Crippen molar-refractivity contribution in [2.75, 3.05) is 21.3 Å². The van der Waals surface area contributed by atoms with Crippen molar-refractivity contribution in [1.82, 2.24) is 0 Å². The molecule has 0 aliphatic heterocycles. The van der Waals surface area contributed by atoms with Gasteiger partial charge in [-0.1, -0.05) is 45.4 Å². The summed E-state index contributed by atoms with van der Waals surface area (Å²) in [6.45, 7) is 2.24. The smallest absolute Gasteiger partial charge is 0.318 e. The second-order valence-electron chi connectivity index (χ2n) is 4.19. The summed E-state index contributed by atoms with van der Waals surface area (Å²) in [5, 5.41) is 0. The second kappa shape index (κ2) is 11.6. The lowest BCUT2D eigenvalue weighted by atomic mass is 10.1. The lowest BCUT2D eigenvalue weighted by molar-refractivity contribution is 0.0657. The Morgan fingerprint density at radius 3 is 1.71 bits per heavy atom. The van der Waals surface area contributed by atoms with Gasteiger partial charge in [0, 0.05) is 6.42 Å². The van der Waals surface area contributed by atoms with Gasteiger partial charge in [0.1, 0.15) is 0 Å². The quantitative estimate of drug-likeness (QED) is 0.402. The van der Waals surface area contributed by atoms with Crippen LogP contribution in [0.1, 0.15) is 58.3 Å². The molecule has 0 unspecified atom stereocenters. The SMILES string of the molecule is CCCCCCCCCC(OC)=C(OC)OC. The molecule has 0 spiro atoms. The summed E-state index contributed by atoms with van der Waals surface area (Å²) in [7, 11) is 4.86. The van der Waals surface area contributed by atoms with Crippen molar-refractivity contribution in [2.24, 2.45) is 0 Å². The van der Waals surface area contributed by atoms with Crippen LogP contribution in [0, 0.1) is 0 Å². The van der Waals surface area contributed by atoms with Gasteiger partial charge in [-0.15, -0.1) is 0 Å². The molecule has 0 saturated heterocycles. The zero-order chi connectivity index (χ0) is 12.9. The predicted octanol–water partition coefficient (Wildman–Crippen LogP) is 4.24. The second-order valence-corrected chi connectivity index (χ2v) is 4.19. The monoisotopic (exact) mass is 244 g/mol. The van der Waals surface area contributed by atoms with Gasteiger partial charge in [-0.05, 0) is 6.42 Å². The van der Waals surface area contributed by atoms with E-state index in [4.69, 9.17) is 14.2 Å². The summed E-state index contributed by atoms with van der Waals surface area (Å²) in [6.07, 6.45) is 9.96. The third-order valence-corrected chi connectivity index (χ3v) is 2.85. The van der Waals surface area contributed by atoms with Crippen LogP contribution in [0.2, 0.25) is 0 Å². The average molecular weight is 244 g/mol. The van der Waals surface area contributed by atoms with Crippen LogP contribution in [0.4, 0.5) is 0 Å². The van der Waals surface area contributed by atoms with Crippen LogP contribution in [-0.2, 0) is 14.2 Å². The third kappa shape index (κ3) is 7.94. The number of ether oxygens (including phenoxy) is 3. The van der Waals surface area contributed by atoms with Crippen LogP contribution < -0.4 is 0 Å². The van der Waals surface area contributed by atoms with E-state index < -0.39 is 0 Å². The molecular formula is C14H28O3. The van der Waals surface area contributed by atoms with Crippen LogP contribution in [-0.4, -0.2) is 21.3 Å². The van der Waals surface area contributed by atoms with Crippen molar-refractivity contribution >= 4 is 0 Å². The van der Waals surface area contributed by atoms with Crippen molar-refractivity contribution in [3.05, 3.63) is 11.7 Å². The van der Waals surface area contributed by atoms with E-state index in [2.05, 4.69) is 6.92 Å². The summed E-state index contributed by atoms with van der Waals surface area (Å²) in [4.78, 5) is 0. The number of hydrogen-bond donors (Lipinski definition) is 0. The molecule has 3 nitrogen and oxygen atoms in total. The molecule has 102 valence electrons. The largest absolute Gasteiger partial charge is 0.494 e. The molecule has 0 aromatic rings. The Kier molecular flexibility index (Phi) is 11.0. The van der Waals surface area contributed by atoms with Gasteiger partial charge in [-0.2, -0.15) is 0 Å². The van der Waals surface area contributed by atoms with Crippen molar-refractivity contribution in [1.29, 1.82) is 0 Å². The fourth-order valence-corrected chi connectivity index (χ4v) is 1.84. The van der Waals surface area contributed by atoms with Crippen molar-refractivity contribution in [3.8, 4) is 0 Å². The summed E-state index contributed by atoms with van der Waals surface area (Å²) in [6, 6.07) is 0. The normalized spacial score (nSPS) is 9.88. The Bertz CT molecular complexity index is 194. The van der Waals surface area contributed by atoms with Crippen molar-refractivity contribution in [3.63, 3.8) is 0 Å². The minimum Gasteiger partial charge on any atom is -0.494 e. The number of methoxy groups -OCH3 is 3. The molecule has 0 fully saturated rings. The molecule has 0 saturated carbocycles. The molecule has 17 heavy (non-hydrogen) atoms. The molecule has 0 aliphatic rings. The van der Waals surface area contributed by atoms with Gasteiger partial charge in [-0.25, -0.2) is 0 Å². The van der Waals surface area contributed by atoms with E-state index in [0.29, 0.717) is 5.95 Å². The number of hydrogen-bond acceptors (Lipinski definition) is 3. The number of allylic oxidation sites excluding steroid dienone is 1. The van der Waals surface area contributed by atoms with Crippen LogP contribution in [0.3, 0.4) is 0 Å². The molecule has 0 radical (unpaired) electrons. The first-order chi connectivity index (χ1) is 8.29. The number of unbranched alkanes of at least 4 members (excludes halogenated alkanes) is 6. The van der Waals surface area contributed by atoms with Gasteiger partial charge in [0.15, 0.2) is 5.76 Å². The summed E-state index contributed by atoms with van der Waals surface area (Å²) < 4.78 is 15.5. The van der Waals surface area contributed by atoms with Gasteiger partial charge >= 0.3 is 5.95 Å². The molecule has 0 aromatic heterocycles. The molecule has 0 aromatic carbocycles. The fraction of sp³-hybridized carbons (Fsp3) is 0.857. The van der Waals surface area contributed by atoms with Crippen LogP contribution in [0.5, 0.6) is 0 Å². The highest BCUT2D eigenvalue weighted by atomic mass is 16.7. The zero-order valence-corrected chi connectivity index (χ0v) is 11.9. The maximum absolute atomic E-state index is 5.27. The summed E-state index contributed by atoms with van der Waals surface area (Å²) in [5.41, 5.74) is 0. The molecular weight excluding hydrogens is 216 g/mol. The van der Waals surface area contributed by atoms with Gasteiger partial charge in [0.25, 0.3) is 0 Å². The van der Waals surface area contributed by atoms with Crippen LogP contribution >= 0.6 is 0 Å². The van der Waals surface area contributed by atoms with E-state index in [0.717, 1.165) is 18.6 Å². The zero-order valence-electron chi connectivity index (χ0n) is 11.9. The van der Waals surface area contributed by atoms with Crippen LogP contribution in [0.15, 0.2) is 11.7 Å². The summed E-state index contributed by atoms with van der Waals surface area (Å²) >= 11 is 0. The van der Waals surface area contributed by atoms with E-state index in [1.165, 1.54) is 38.5 Å². The maximum Gasteiger partial charge on any atom is 0.318 e. The third-order valence-electron chi connectivity index (χ3n) is 2.85. The van der Waals surface area contributed by atoms with Gasteiger partial charge < -0.3 is 14.2 Å². The van der Waals surface area contributed by atoms with Gasteiger partial charge in [0.05, 0.1) is 21.3 Å². The Balaban J connectivity index is 3.67. The van der Waals surface area contributed by atoms with E-state index in [1.807, 2.05) is 0 Å². The highest BCUT2D eigenvalue weighted by Crippen LogP contribution is 2.16. The molecule has 0 atom stereocenters. The molecule has 0 rings (SSSR count). The molecule has 0 N–H and O–H groups in total.